The number of nitrogens with zero attached hydrogens (tertiary/aromatic N) is 5. The highest BCUT2D eigenvalue weighted by molar-refractivity contribution is 7.90. The van der Waals surface area contributed by atoms with E-state index in [1.165, 1.54) is 36.6 Å². The monoisotopic (exact) mass is 832 g/mol. The molecule has 4 aliphatic rings. The number of nitro groups is 1. The molecule has 2 aliphatic carbocycles. The lowest BCUT2D eigenvalue weighted by atomic mass is 9.60. The lowest BCUT2D eigenvalue weighted by Gasteiger charge is -2.62. The number of hydrogen-bond donors (Lipinski definition) is 3. The fourth-order valence-electron chi connectivity index (χ4n) is 10.1. The third-order valence-corrected chi connectivity index (χ3v) is 14.5. The van der Waals surface area contributed by atoms with Crippen molar-refractivity contribution < 1.29 is 22.9 Å². The van der Waals surface area contributed by atoms with Crippen LogP contribution in [0.4, 0.5) is 17.2 Å². The smallest absolute Gasteiger partial charge is 0.312 e. The molecule has 5 aromatic rings. The lowest BCUT2D eigenvalue weighted by molar-refractivity contribution is -0.384. The number of sulfonamides is 1. The summed E-state index contributed by atoms with van der Waals surface area (Å²) in [7, 11) is -4.58. The molecule has 2 saturated carbocycles. The Balaban J connectivity index is 0.912. The molecular formula is C45H52N8O6S. The van der Waals surface area contributed by atoms with Crippen molar-refractivity contribution in [3.63, 3.8) is 0 Å². The predicted molar refractivity (Wildman–Crippen MR) is 230 cm³/mol. The predicted octanol–water partition coefficient (Wildman–Crippen LogP) is 8.70. The van der Waals surface area contributed by atoms with Crippen LogP contribution in [0.25, 0.3) is 11.0 Å². The zero-order valence-corrected chi connectivity index (χ0v) is 34.9. The van der Waals surface area contributed by atoms with E-state index in [4.69, 9.17) is 4.74 Å². The first-order chi connectivity index (χ1) is 28.9. The van der Waals surface area contributed by atoms with Crippen LogP contribution in [0.5, 0.6) is 11.5 Å². The van der Waals surface area contributed by atoms with Crippen molar-refractivity contribution in [1.29, 1.82) is 0 Å². The molecule has 60 heavy (non-hydrogen) atoms. The van der Waals surface area contributed by atoms with Crippen molar-refractivity contribution in [3.05, 3.63) is 106 Å². The van der Waals surface area contributed by atoms with Crippen LogP contribution in [0.3, 0.4) is 0 Å². The second-order valence-electron chi connectivity index (χ2n) is 17.6. The number of H-pyrrole nitrogens is 1. The summed E-state index contributed by atoms with van der Waals surface area (Å²) < 4.78 is 35.7. The lowest BCUT2D eigenvalue weighted by Crippen LogP contribution is -2.66. The number of aromatic amines is 1. The van der Waals surface area contributed by atoms with Gasteiger partial charge in [-0.15, -0.1) is 0 Å². The molecule has 1 amide bonds. The van der Waals surface area contributed by atoms with Gasteiger partial charge in [-0.3, -0.25) is 19.8 Å². The second kappa shape index (κ2) is 16.1. The van der Waals surface area contributed by atoms with Crippen LogP contribution in [0.15, 0.2) is 84.1 Å². The summed E-state index contributed by atoms with van der Waals surface area (Å²) in [6.07, 6.45) is 14.5. The SMILES string of the molecule is CC(C)c1ccccc1[C@H]1CCCN1C1CC2(C1)CN(c1ccc(C(=O)NS(=O)(=O)c3cnc(NCC4CCCCC4)c([N+](=O)[O-])c3)c(Oc3cnc4[nH]ccc4c3)c1)C2. The molecule has 1 atom stereocenters. The van der Waals surface area contributed by atoms with Gasteiger partial charge in [-0.25, -0.2) is 23.1 Å². The fraction of sp³-hybridized carbons (Fsp3) is 0.444. The number of fused-ring (bicyclic) bond motifs is 1. The van der Waals surface area contributed by atoms with Crippen LogP contribution in [-0.2, 0) is 10.0 Å². The van der Waals surface area contributed by atoms with Crippen molar-refractivity contribution in [2.75, 3.05) is 36.4 Å². The van der Waals surface area contributed by atoms with Gasteiger partial charge in [-0.05, 0) is 92.3 Å². The molecule has 14 nitrogen and oxygen atoms in total. The molecule has 0 radical (unpaired) electrons. The third kappa shape index (κ3) is 7.92. The van der Waals surface area contributed by atoms with Gasteiger partial charge < -0.3 is 19.9 Å². The van der Waals surface area contributed by atoms with Gasteiger partial charge in [0.05, 0.1) is 22.9 Å². The standard InChI is InChI=1S/C45H52N8O6S/c1-29(2)36-11-6-7-12-37(36)39-13-8-18-52(39)33-22-45(23-33)27-51(28-45)32-14-15-38(41(20-32)59-34-19-31-16-17-46-42(31)48-25-34)44(54)50-60(57,58)35-21-40(53(55)56)43(49-26-35)47-24-30-9-4-3-5-10-30/h6-7,11-12,14-17,19-21,25-26,29-30,33,39H,3-5,8-10,13,18,22-24,27-28H2,1-2H3,(H,46,48)(H,47,49)(H,50,54)/t39-/m1/s1. The molecule has 0 unspecified atom stereocenters. The topological polar surface area (TPSA) is 176 Å². The van der Waals surface area contributed by atoms with Crippen molar-refractivity contribution in [3.8, 4) is 11.5 Å². The van der Waals surface area contributed by atoms with Crippen LogP contribution in [-0.4, -0.2) is 71.3 Å². The number of amides is 1. The summed E-state index contributed by atoms with van der Waals surface area (Å²) in [6, 6.07) is 19.7. The van der Waals surface area contributed by atoms with Gasteiger partial charge in [0.2, 0.25) is 5.82 Å². The number of nitrogens with one attached hydrogen (secondary N) is 3. The number of rotatable bonds is 13. The second-order valence-corrected chi connectivity index (χ2v) is 19.3. The Kier molecular flexibility index (Phi) is 10.7. The summed E-state index contributed by atoms with van der Waals surface area (Å²) in [5.74, 6) is 0.415. The summed E-state index contributed by atoms with van der Waals surface area (Å²) in [5.41, 5.74) is 4.17. The molecule has 2 aliphatic heterocycles. The van der Waals surface area contributed by atoms with E-state index >= 15 is 0 Å². The fourth-order valence-corrected chi connectivity index (χ4v) is 11.0. The van der Waals surface area contributed by atoms with Gasteiger partial charge in [0.1, 0.15) is 22.0 Å². The molecular weight excluding hydrogens is 781 g/mol. The molecule has 15 heteroatoms. The van der Waals surface area contributed by atoms with Crippen LogP contribution in [0.2, 0.25) is 0 Å². The molecule has 3 aromatic heterocycles. The van der Waals surface area contributed by atoms with Gasteiger partial charge in [0, 0.05) is 66.5 Å². The minimum absolute atomic E-state index is 0.00651. The summed E-state index contributed by atoms with van der Waals surface area (Å²) >= 11 is 0. The van der Waals surface area contributed by atoms with Crippen LogP contribution < -0.4 is 19.7 Å². The molecule has 9 rings (SSSR count). The number of anilines is 2. The average Bonchev–Trinajstić information content (AvgIpc) is 3.89. The number of carbonyl (C=O) groups is 1. The van der Waals surface area contributed by atoms with E-state index in [9.17, 15) is 23.3 Å². The first-order valence-electron chi connectivity index (χ1n) is 21.3. The van der Waals surface area contributed by atoms with Crippen molar-refractivity contribution in [2.45, 2.75) is 94.5 Å². The van der Waals surface area contributed by atoms with Crippen LogP contribution in [0.1, 0.15) is 105 Å². The molecule has 0 bridgehead atoms. The van der Waals surface area contributed by atoms with E-state index in [0.29, 0.717) is 41.9 Å². The van der Waals surface area contributed by atoms with Crippen LogP contribution >= 0.6 is 0 Å². The van der Waals surface area contributed by atoms with Crippen molar-refractivity contribution in [2.24, 2.45) is 11.3 Å². The molecule has 3 N–H and O–H groups in total. The van der Waals surface area contributed by atoms with E-state index in [1.807, 2.05) is 12.1 Å². The average molecular weight is 833 g/mol. The zero-order chi connectivity index (χ0) is 41.6. The van der Waals surface area contributed by atoms with E-state index in [1.54, 1.807) is 24.4 Å². The Bertz CT molecular complexity index is 2520. The Morgan fingerprint density at radius 2 is 1.80 bits per heavy atom. The number of pyridine rings is 2. The number of benzene rings is 2. The quantitative estimate of drug-likeness (QED) is 0.0764. The van der Waals surface area contributed by atoms with Crippen LogP contribution in [0, 0.1) is 21.4 Å². The Hall–Kier alpha value is -5.54. The number of carbonyl (C=O) groups excluding carboxylic acids is 1. The minimum atomic E-state index is -4.58. The highest BCUT2D eigenvalue weighted by Crippen LogP contribution is 2.54. The normalized spacial score (nSPS) is 19.6. The van der Waals surface area contributed by atoms with Gasteiger partial charge >= 0.3 is 5.69 Å². The molecule has 2 aromatic carbocycles. The molecule has 314 valence electrons. The first kappa shape index (κ1) is 39.9. The summed E-state index contributed by atoms with van der Waals surface area (Å²) in [4.78, 5) is 41.4. The maximum Gasteiger partial charge on any atom is 0.312 e. The summed E-state index contributed by atoms with van der Waals surface area (Å²) in [6.45, 7) is 7.93. The maximum absolute atomic E-state index is 13.9. The van der Waals surface area contributed by atoms with Gasteiger partial charge in [0.15, 0.2) is 0 Å². The summed E-state index contributed by atoms with van der Waals surface area (Å²) in [5, 5.41) is 15.9. The highest BCUT2D eigenvalue weighted by Gasteiger charge is 2.55. The van der Waals surface area contributed by atoms with Gasteiger partial charge in [-0.2, -0.15) is 0 Å². The number of ether oxygens (including phenoxy) is 1. The Morgan fingerprint density at radius 3 is 2.58 bits per heavy atom. The highest BCUT2D eigenvalue weighted by atomic mass is 32.2. The Morgan fingerprint density at radius 1 is 1.00 bits per heavy atom. The zero-order valence-electron chi connectivity index (χ0n) is 34.1. The third-order valence-electron chi connectivity index (χ3n) is 13.2. The van der Waals surface area contributed by atoms with E-state index in [2.05, 4.69) is 72.9 Å². The van der Waals surface area contributed by atoms with Gasteiger partial charge in [0.25, 0.3) is 15.9 Å². The van der Waals surface area contributed by atoms with Crippen molar-refractivity contribution >= 4 is 44.2 Å². The molecule has 5 heterocycles. The molecule has 2 saturated heterocycles. The number of hydrogen-bond acceptors (Lipinski definition) is 11. The van der Waals surface area contributed by atoms with E-state index < -0.39 is 31.4 Å². The Labute approximate surface area is 350 Å². The number of likely N-dealkylation sites (tertiary alicyclic amines) is 1. The molecule has 1 spiro atoms. The van der Waals surface area contributed by atoms with Gasteiger partial charge in [-0.1, -0.05) is 57.4 Å². The maximum atomic E-state index is 13.9. The molecule has 4 fully saturated rings. The minimum Gasteiger partial charge on any atom is -0.455 e. The van der Waals surface area contributed by atoms with E-state index in [0.717, 1.165) is 81.5 Å². The van der Waals surface area contributed by atoms with E-state index in [-0.39, 0.29) is 22.5 Å². The van der Waals surface area contributed by atoms with Crippen molar-refractivity contribution in [1.82, 2.24) is 24.6 Å². The largest absolute Gasteiger partial charge is 0.455 e. The number of aromatic nitrogens is 3. The first-order valence-corrected chi connectivity index (χ1v) is 22.7.